The summed E-state index contributed by atoms with van der Waals surface area (Å²) < 4.78 is 2.02. The van der Waals surface area contributed by atoms with Crippen molar-refractivity contribution in [1.29, 1.82) is 0 Å². The van der Waals surface area contributed by atoms with Gasteiger partial charge in [0, 0.05) is 44.3 Å². The average molecular weight is 326 g/mol. The first kappa shape index (κ1) is 16.7. The molecule has 0 aromatic carbocycles. The lowest BCUT2D eigenvalue weighted by Crippen LogP contribution is -2.36. The van der Waals surface area contributed by atoms with E-state index in [-0.39, 0.29) is 5.91 Å². The Labute approximate surface area is 143 Å². The van der Waals surface area contributed by atoms with Gasteiger partial charge in [-0.15, -0.1) is 0 Å². The molecule has 2 aromatic rings. The first-order chi connectivity index (χ1) is 11.6. The number of pyridine rings is 1. The van der Waals surface area contributed by atoms with Gasteiger partial charge in [0.2, 0.25) is 0 Å². The third-order valence-electron chi connectivity index (χ3n) is 5.01. The van der Waals surface area contributed by atoms with E-state index in [0.717, 1.165) is 30.8 Å². The highest BCUT2D eigenvalue weighted by Gasteiger charge is 2.36. The van der Waals surface area contributed by atoms with Crippen LogP contribution in [0.4, 0.5) is 0 Å². The van der Waals surface area contributed by atoms with Crippen LogP contribution in [0.15, 0.2) is 42.9 Å². The van der Waals surface area contributed by atoms with Gasteiger partial charge in [0.1, 0.15) is 5.69 Å². The molecule has 0 unspecified atom stereocenters. The maximum atomic E-state index is 13.0. The third kappa shape index (κ3) is 3.36. The van der Waals surface area contributed by atoms with Crippen LogP contribution in [0.1, 0.15) is 29.4 Å². The van der Waals surface area contributed by atoms with Crippen molar-refractivity contribution in [3.05, 3.63) is 54.1 Å². The molecule has 1 aliphatic rings. The van der Waals surface area contributed by atoms with Gasteiger partial charge in [-0.1, -0.05) is 19.4 Å². The summed E-state index contributed by atoms with van der Waals surface area (Å²) in [6.07, 6.45) is 6.68. The molecule has 0 aliphatic carbocycles. The number of amides is 1. The molecule has 2 atom stereocenters. The first-order valence-corrected chi connectivity index (χ1v) is 8.60. The van der Waals surface area contributed by atoms with Crippen LogP contribution in [0.25, 0.3) is 0 Å². The Kier molecular flexibility index (Phi) is 5.00. The van der Waals surface area contributed by atoms with Gasteiger partial charge in [-0.05, 0) is 43.8 Å². The maximum Gasteiger partial charge on any atom is 0.270 e. The summed E-state index contributed by atoms with van der Waals surface area (Å²) >= 11 is 0. The monoisotopic (exact) mass is 326 g/mol. The van der Waals surface area contributed by atoms with Crippen molar-refractivity contribution in [1.82, 2.24) is 19.4 Å². The second-order valence-electron chi connectivity index (χ2n) is 6.79. The van der Waals surface area contributed by atoms with Gasteiger partial charge in [0.25, 0.3) is 5.91 Å². The van der Waals surface area contributed by atoms with E-state index < -0.39 is 0 Å². The molecule has 1 fully saturated rings. The number of carbonyl (C=O) groups excluding carboxylic acids is 1. The van der Waals surface area contributed by atoms with Crippen LogP contribution in [-0.2, 0) is 6.54 Å². The number of likely N-dealkylation sites (N-methyl/N-ethyl adjacent to an activating group) is 1. The fraction of sp³-hybridized carbons (Fsp3) is 0.474. The van der Waals surface area contributed by atoms with Gasteiger partial charge in [0.05, 0.1) is 0 Å². The lowest BCUT2D eigenvalue weighted by atomic mass is 10.0. The fourth-order valence-corrected chi connectivity index (χ4v) is 3.60. The van der Waals surface area contributed by atoms with Crippen LogP contribution >= 0.6 is 0 Å². The van der Waals surface area contributed by atoms with Crippen LogP contribution in [0.5, 0.6) is 0 Å². The van der Waals surface area contributed by atoms with Crippen molar-refractivity contribution in [2.24, 2.45) is 5.92 Å². The summed E-state index contributed by atoms with van der Waals surface area (Å²) in [5.74, 6) is 0.678. The summed E-state index contributed by atoms with van der Waals surface area (Å²) in [6.45, 7) is 4.53. The van der Waals surface area contributed by atoms with Crippen LogP contribution in [-0.4, -0.2) is 58.5 Å². The summed E-state index contributed by atoms with van der Waals surface area (Å²) in [6, 6.07) is 8.27. The van der Waals surface area contributed by atoms with Crippen LogP contribution in [0, 0.1) is 5.92 Å². The van der Waals surface area contributed by atoms with Gasteiger partial charge in [-0.2, -0.15) is 0 Å². The largest absolute Gasteiger partial charge is 0.339 e. The van der Waals surface area contributed by atoms with E-state index in [2.05, 4.69) is 30.9 Å². The minimum absolute atomic E-state index is 0.131. The third-order valence-corrected chi connectivity index (χ3v) is 5.01. The Balaban J connectivity index is 1.76. The van der Waals surface area contributed by atoms with E-state index in [9.17, 15) is 4.79 Å². The molecule has 5 heteroatoms. The summed E-state index contributed by atoms with van der Waals surface area (Å²) in [5, 5.41) is 0. The summed E-state index contributed by atoms with van der Waals surface area (Å²) in [4.78, 5) is 21.4. The lowest BCUT2D eigenvalue weighted by Gasteiger charge is -2.23. The second-order valence-corrected chi connectivity index (χ2v) is 6.79. The van der Waals surface area contributed by atoms with Crippen molar-refractivity contribution < 1.29 is 4.79 Å². The molecular weight excluding hydrogens is 300 g/mol. The molecule has 24 heavy (non-hydrogen) atoms. The van der Waals surface area contributed by atoms with E-state index >= 15 is 0 Å². The zero-order chi connectivity index (χ0) is 17.1. The average Bonchev–Trinajstić information content (AvgIpc) is 3.21. The standard InChI is InChI=1S/C19H26N4O/c1-4-16-13-23(14-18(16)21(2)3)19(24)17-8-6-10-22(17)12-15-7-5-9-20-11-15/h5-11,16,18H,4,12-14H2,1-3H3/t16-,18+/m0/s1. The van der Waals surface area contributed by atoms with Crippen molar-refractivity contribution >= 4 is 5.91 Å². The highest BCUT2D eigenvalue weighted by molar-refractivity contribution is 5.93. The quantitative estimate of drug-likeness (QED) is 0.847. The fourth-order valence-electron chi connectivity index (χ4n) is 3.60. The molecule has 2 aromatic heterocycles. The normalized spacial score (nSPS) is 20.8. The van der Waals surface area contributed by atoms with E-state index in [1.165, 1.54) is 0 Å². The Morgan fingerprint density at radius 1 is 1.29 bits per heavy atom. The summed E-state index contributed by atoms with van der Waals surface area (Å²) in [7, 11) is 4.21. The number of rotatable bonds is 5. The molecule has 1 saturated heterocycles. The lowest BCUT2D eigenvalue weighted by molar-refractivity contribution is 0.0770. The minimum Gasteiger partial charge on any atom is -0.339 e. The van der Waals surface area contributed by atoms with Crippen molar-refractivity contribution in [3.8, 4) is 0 Å². The van der Waals surface area contributed by atoms with Gasteiger partial charge >= 0.3 is 0 Å². The predicted octanol–water partition coefficient (Wildman–Crippen LogP) is 2.34. The Morgan fingerprint density at radius 3 is 2.75 bits per heavy atom. The molecule has 3 heterocycles. The summed E-state index contributed by atoms with van der Waals surface area (Å²) in [5.41, 5.74) is 1.86. The van der Waals surface area contributed by atoms with Crippen LogP contribution in [0.2, 0.25) is 0 Å². The van der Waals surface area contributed by atoms with Gasteiger partial charge in [-0.25, -0.2) is 0 Å². The molecule has 0 N–H and O–H groups in total. The van der Waals surface area contributed by atoms with Crippen molar-refractivity contribution in [2.75, 3.05) is 27.2 Å². The van der Waals surface area contributed by atoms with Gasteiger partial charge < -0.3 is 14.4 Å². The van der Waals surface area contributed by atoms with E-state index in [1.54, 1.807) is 6.20 Å². The SMILES string of the molecule is CC[C@H]1CN(C(=O)c2cccn2Cc2cccnc2)C[C@H]1N(C)C. The molecule has 1 amide bonds. The Bertz CT molecular complexity index is 680. The zero-order valence-electron chi connectivity index (χ0n) is 14.7. The van der Waals surface area contributed by atoms with Crippen LogP contribution < -0.4 is 0 Å². The van der Waals surface area contributed by atoms with Gasteiger partial charge in [-0.3, -0.25) is 9.78 Å². The zero-order valence-corrected chi connectivity index (χ0v) is 14.7. The molecule has 3 rings (SSSR count). The van der Waals surface area contributed by atoms with Crippen molar-refractivity contribution in [2.45, 2.75) is 25.9 Å². The molecule has 128 valence electrons. The van der Waals surface area contributed by atoms with E-state index in [1.807, 2.05) is 46.1 Å². The predicted molar refractivity (Wildman–Crippen MR) is 94.9 cm³/mol. The number of nitrogens with zero attached hydrogens (tertiary/aromatic N) is 4. The number of hydrogen-bond acceptors (Lipinski definition) is 3. The highest BCUT2D eigenvalue weighted by atomic mass is 16.2. The highest BCUT2D eigenvalue weighted by Crippen LogP contribution is 2.25. The Morgan fingerprint density at radius 2 is 2.12 bits per heavy atom. The first-order valence-electron chi connectivity index (χ1n) is 8.60. The smallest absolute Gasteiger partial charge is 0.270 e. The molecule has 1 aliphatic heterocycles. The Hall–Kier alpha value is -2.14. The van der Waals surface area contributed by atoms with E-state index in [4.69, 9.17) is 0 Å². The molecule has 0 spiro atoms. The number of likely N-dealkylation sites (tertiary alicyclic amines) is 1. The molecule has 5 nitrogen and oxygen atoms in total. The topological polar surface area (TPSA) is 41.4 Å². The second kappa shape index (κ2) is 7.18. The molecule has 0 saturated carbocycles. The van der Waals surface area contributed by atoms with E-state index in [0.29, 0.717) is 18.5 Å². The minimum atomic E-state index is 0.131. The number of hydrogen-bond donors (Lipinski definition) is 0. The van der Waals surface area contributed by atoms with Crippen LogP contribution in [0.3, 0.4) is 0 Å². The molecule has 0 bridgehead atoms. The maximum absolute atomic E-state index is 13.0. The van der Waals surface area contributed by atoms with Crippen molar-refractivity contribution in [3.63, 3.8) is 0 Å². The van der Waals surface area contributed by atoms with Gasteiger partial charge in [0.15, 0.2) is 0 Å². The number of carbonyl (C=O) groups is 1. The number of aromatic nitrogens is 2. The molecular formula is C19H26N4O. The molecule has 0 radical (unpaired) electrons.